The van der Waals surface area contributed by atoms with Crippen LogP contribution in [0.15, 0.2) is 53.4 Å². The van der Waals surface area contributed by atoms with Gasteiger partial charge in [0.25, 0.3) is 5.91 Å². The standard InChI is InChI=1S/C29H43N3O8S2/c1-21-18-32(22(2)20-33)29(34)26-17-24(30-41(5,35)36)14-15-27(26)40-23(3)11-9-10-16-39-28(21)19-31(4)42(37,38)25-12-7-6-8-13-25/h6-8,12-15,17,21-23,28,30,33H,9-11,16,18-20H2,1-5H3/t21-,22-,23+,28-/m0/s1. The Kier molecular flexibility index (Phi) is 11.8. The molecule has 0 unspecified atom stereocenters. The van der Waals surface area contributed by atoms with Gasteiger partial charge in [-0.1, -0.05) is 25.1 Å². The van der Waals surface area contributed by atoms with E-state index in [1.54, 1.807) is 49.4 Å². The molecule has 2 N–H and O–H groups in total. The largest absolute Gasteiger partial charge is 0.490 e. The number of fused-ring (bicyclic) bond motifs is 1. The van der Waals surface area contributed by atoms with Crippen molar-refractivity contribution in [2.45, 2.75) is 63.2 Å². The third-order valence-electron chi connectivity index (χ3n) is 7.24. The van der Waals surface area contributed by atoms with Crippen molar-refractivity contribution in [1.82, 2.24) is 9.21 Å². The van der Waals surface area contributed by atoms with Crippen molar-refractivity contribution < 1.29 is 36.2 Å². The van der Waals surface area contributed by atoms with Crippen molar-refractivity contribution in [3.05, 3.63) is 54.1 Å². The topological polar surface area (TPSA) is 143 Å². The lowest BCUT2D eigenvalue weighted by Gasteiger charge is -2.35. The lowest BCUT2D eigenvalue weighted by Crippen LogP contribution is -2.48. The molecule has 2 aromatic carbocycles. The molecule has 0 aromatic heterocycles. The molecule has 0 fully saturated rings. The summed E-state index contributed by atoms with van der Waals surface area (Å²) in [7, 11) is -5.87. The number of nitrogens with one attached hydrogen (secondary N) is 1. The maximum atomic E-state index is 14.1. The first-order valence-corrected chi connectivity index (χ1v) is 17.4. The van der Waals surface area contributed by atoms with Crippen molar-refractivity contribution >= 4 is 31.6 Å². The van der Waals surface area contributed by atoms with Crippen LogP contribution in [-0.2, 0) is 24.8 Å². The third-order valence-corrected chi connectivity index (χ3v) is 9.69. The van der Waals surface area contributed by atoms with Gasteiger partial charge < -0.3 is 19.5 Å². The van der Waals surface area contributed by atoms with Crippen molar-refractivity contribution in [2.24, 2.45) is 5.92 Å². The number of amides is 1. The van der Waals surface area contributed by atoms with Crippen molar-refractivity contribution in [1.29, 1.82) is 0 Å². The second kappa shape index (κ2) is 14.6. The fourth-order valence-corrected chi connectivity index (χ4v) is 6.55. The zero-order chi connectivity index (χ0) is 31.1. The minimum atomic E-state index is -3.77. The first-order chi connectivity index (χ1) is 19.7. The minimum Gasteiger partial charge on any atom is -0.490 e. The second-order valence-electron chi connectivity index (χ2n) is 11.0. The number of aliphatic hydroxyl groups is 1. The smallest absolute Gasteiger partial charge is 0.258 e. The fourth-order valence-electron chi connectivity index (χ4n) is 4.79. The zero-order valence-electron chi connectivity index (χ0n) is 24.9. The van der Waals surface area contributed by atoms with Gasteiger partial charge in [-0.2, -0.15) is 4.31 Å². The van der Waals surface area contributed by atoms with Gasteiger partial charge in [0.15, 0.2) is 0 Å². The Morgan fingerprint density at radius 3 is 2.43 bits per heavy atom. The molecule has 1 aliphatic rings. The highest BCUT2D eigenvalue weighted by molar-refractivity contribution is 7.92. The van der Waals surface area contributed by atoms with E-state index >= 15 is 0 Å². The first-order valence-electron chi connectivity index (χ1n) is 14.1. The fraction of sp³-hybridized carbons (Fsp3) is 0.552. The number of likely N-dealkylation sites (N-methyl/N-ethyl adjacent to an activating group) is 1. The number of hydrogen-bond donors (Lipinski definition) is 2. The number of ether oxygens (including phenoxy) is 2. The van der Waals surface area contributed by atoms with Gasteiger partial charge in [0.2, 0.25) is 20.0 Å². The number of nitrogens with zero attached hydrogens (tertiary/aromatic N) is 2. The van der Waals surface area contributed by atoms with E-state index in [-0.39, 0.29) is 47.9 Å². The highest BCUT2D eigenvalue weighted by atomic mass is 32.2. The molecular formula is C29H43N3O8S2. The summed E-state index contributed by atoms with van der Waals surface area (Å²) in [5.74, 6) is -0.475. The molecular weight excluding hydrogens is 582 g/mol. The van der Waals surface area contributed by atoms with Crippen LogP contribution in [0.3, 0.4) is 0 Å². The molecule has 0 saturated carbocycles. The number of rotatable bonds is 8. The van der Waals surface area contributed by atoms with Gasteiger partial charge in [0, 0.05) is 38.3 Å². The molecule has 0 saturated heterocycles. The minimum absolute atomic E-state index is 0.0620. The summed E-state index contributed by atoms with van der Waals surface area (Å²) in [4.78, 5) is 15.7. The normalized spacial score (nSPS) is 22.1. The van der Waals surface area contributed by atoms with Crippen LogP contribution < -0.4 is 9.46 Å². The lowest BCUT2D eigenvalue weighted by molar-refractivity contribution is -0.00833. The van der Waals surface area contributed by atoms with Crippen LogP contribution in [0.5, 0.6) is 5.75 Å². The quantitative estimate of drug-likeness (QED) is 0.456. The van der Waals surface area contributed by atoms with Gasteiger partial charge >= 0.3 is 0 Å². The molecule has 13 heteroatoms. The Bertz CT molecular complexity index is 1400. The van der Waals surface area contributed by atoms with Crippen LogP contribution in [0.4, 0.5) is 5.69 Å². The Morgan fingerprint density at radius 2 is 1.79 bits per heavy atom. The van der Waals surface area contributed by atoms with Crippen LogP contribution in [-0.4, -0.2) is 94.9 Å². The Labute approximate surface area is 249 Å². The summed E-state index contributed by atoms with van der Waals surface area (Å²) in [5.41, 5.74) is 0.363. The number of anilines is 1. The van der Waals surface area contributed by atoms with Crippen LogP contribution in [0, 0.1) is 5.92 Å². The number of sulfonamides is 2. The molecule has 11 nitrogen and oxygen atoms in total. The highest BCUT2D eigenvalue weighted by Gasteiger charge is 2.32. The molecule has 0 radical (unpaired) electrons. The SMILES string of the molecule is C[C@@H]1CCCCO[C@@H](CN(C)S(=O)(=O)c2ccccc2)[C@@H](C)CN([C@@H](C)CO)C(=O)c2cc(NS(C)(=O)=O)ccc2O1. The van der Waals surface area contributed by atoms with E-state index in [9.17, 15) is 26.7 Å². The summed E-state index contributed by atoms with van der Waals surface area (Å²) >= 11 is 0. The summed E-state index contributed by atoms with van der Waals surface area (Å²) in [6.07, 6.45) is 2.42. The zero-order valence-corrected chi connectivity index (χ0v) is 26.5. The molecule has 234 valence electrons. The number of hydrogen-bond acceptors (Lipinski definition) is 8. The van der Waals surface area contributed by atoms with E-state index in [0.717, 1.165) is 19.1 Å². The molecule has 1 heterocycles. The summed E-state index contributed by atoms with van der Waals surface area (Å²) in [5, 5.41) is 10.1. The predicted molar refractivity (Wildman–Crippen MR) is 162 cm³/mol. The van der Waals surface area contributed by atoms with E-state index in [4.69, 9.17) is 9.47 Å². The van der Waals surface area contributed by atoms with Gasteiger partial charge in [-0.15, -0.1) is 0 Å². The molecule has 4 atom stereocenters. The highest BCUT2D eigenvalue weighted by Crippen LogP contribution is 2.29. The van der Waals surface area contributed by atoms with Crippen molar-refractivity contribution in [3.8, 4) is 5.75 Å². The van der Waals surface area contributed by atoms with Crippen molar-refractivity contribution in [3.63, 3.8) is 0 Å². The molecule has 3 rings (SSSR count). The maximum absolute atomic E-state index is 14.1. The number of aliphatic hydroxyl groups excluding tert-OH is 1. The Balaban J connectivity index is 1.98. The molecule has 0 spiro atoms. The van der Waals surface area contributed by atoms with E-state index in [1.807, 2.05) is 13.8 Å². The van der Waals surface area contributed by atoms with E-state index in [0.29, 0.717) is 18.8 Å². The number of carbonyl (C=O) groups excluding carboxylic acids is 1. The molecule has 0 aliphatic carbocycles. The van der Waals surface area contributed by atoms with Gasteiger partial charge in [-0.3, -0.25) is 9.52 Å². The third kappa shape index (κ3) is 9.14. The van der Waals surface area contributed by atoms with Gasteiger partial charge in [0.05, 0.1) is 41.6 Å². The molecule has 1 amide bonds. The average Bonchev–Trinajstić information content (AvgIpc) is 2.94. The molecule has 0 bridgehead atoms. The van der Waals surface area contributed by atoms with Crippen LogP contribution >= 0.6 is 0 Å². The van der Waals surface area contributed by atoms with Crippen LogP contribution in [0.2, 0.25) is 0 Å². The monoisotopic (exact) mass is 625 g/mol. The Hall–Kier alpha value is -2.71. The predicted octanol–water partition coefficient (Wildman–Crippen LogP) is 3.17. The van der Waals surface area contributed by atoms with Crippen molar-refractivity contribution in [2.75, 3.05) is 44.3 Å². The molecule has 1 aliphatic heterocycles. The lowest BCUT2D eigenvalue weighted by atomic mass is 10.0. The number of benzene rings is 2. The average molecular weight is 626 g/mol. The number of carbonyl (C=O) groups is 1. The Morgan fingerprint density at radius 1 is 1.10 bits per heavy atom. The van der Waals surface area contributed by atoms with Crippen LogP contribution in [0.1, 0.15) is 50.4 Å². The van der Waals surface area contributed by atoms with Crippen LogP contribution in [0.25, 0.3) is 0 Å². The summed E-state index contributed by atoms with van der Waals surface area (Å²) in [6.45, 7) is 5.77. The van der Waals surface area contributed by atoms with E-state index < -0.39 is 38.1 Å². The molecule has 42 heavy (non-hydrogen) atoms. The van der Waals surface area contributed by atoms with E-state index in [2.05, 4.69) is 4.72 Å². The van der Waals surface area contributed by atoms with Gasteiger partial charge in [-0.25, -0.2) is 16.8 Å². The maximum Gasteiger partial charge on any atom is 0.258 e. The first kappa shape index (κ1) is 33.8. The van der Waals surface area contributed by atoms with E-state index in [1.165, 1.54) is 22.3 Å². The second-order valence-corrected chi connectivity index (χ2v) is 14.8. The summed E-state index contributed by atoms with van der Waals surface area (Å²) in [6, 6.07) is 12.1. The van der Waals surface area contributed by atoms with Gasteiger partial charge in [-0.05, 0) is 63.4 Å². The van der Waals surface area contributed by atoms with Gasteiger partial charge in [0.1, 0.15) is 5.75 Å². The summed E-state index contributed by atoms with van der Waals surface area (Å²) < 4.78 is 66.4. The molecule has 2 aromatic rings.